The number of nitrogens with zero attached hydrogens (tertiary/aromatic N) is 3. The van der Waals surface area contributed by atoms with E-state index in [0.29, 0.717) is 48.0 Å². The van der Waals surface area contributed by atoms with Crippen LogP contribution < -0.4 is 4.74 Å². The Labute approximate surface area is 203 Å². The van der Waals surface area contributed by atoms with Crippen LogP contribution in [0.4, 0.5) is 0 Å². The molecule has 176 valence electrons. The van der Waals surface area contributed by atoms with E-state index in [-0.39, 0.29) is 11.3 Å². The smallest absolute Gasteiger partial charge is 0.295 e. The monoisotopic (exact) mass is 479 g/mol. The number of benzene rings is 2. The van der Waals surface area contributed by atoms with Gasteiger partial charge in [-0.05, 0) is 54.8 Å². The van der Waals surface area contributed by atoms with E-state index in [1.807, 2.05) is 42.0 Å². The van der Waals surface area contributed by atoms with Crippen LogP contribution in [0, 0.1) is 0 Å². The van der Waals surface area contributed by atoms with Gasteiger partial charge in [-0.25, -0.2) is 4.98 Å². The maximum absolute atomic E-state index is 13.1. The SMILES string of the molecule is CCCOc1cccc([C@@H]2C(=C(O)c3ccc(Cl)cc3)C(=O)C(=O)N2CCCn2ccnc2)c1. The molecule has 1 aliphatic rings. The number of hydrogen-bond donors (Lipinski definition) is 1. The summed E-state index contributed by atoms with van der Waals surface area (Å²) < 4.78 is 7.69. The highest BCUT2D eigenvalue weighted by molar-refractivity contribution is 6.46. The number of ether oxygens (including phenoxy) is 1. The number of carbonyl (C=O) groups excluding carboxylic acids is 2. The van der Waals surface area contributed by atoms with E-state index in [1.165, 1.54) is 4.90 Å². The molecule has 4 rings (SSSR count). The average Bonchev–Trinajstić information content (AvgIpc) is 3.45. The number of aliphatic hydroxyl groups excluding tert-OH is 1. The third kappa shape index (κ3) is 4.99. The normalized spacial score (nSPS) is 17.4. The summed E-state index contributed by atoms with van der Waals surface area (Å²) in [7, 11) is 0. The summed E-state index contributed by atoms with van der Waals surface area (Å²) >= 11 is 5.99. The van der Waals surface area contributed by atoms with Crippen molar-refractivity contribution in [3.8, 4) is 5.75 Å². The lowest BCUT2D eigenvalue weighted by atomic mass is 9.95. The minimum Gasteiger partial charge on any atom is -0.507 e. The zero-order valence-corrected chi connectivity index (χ0v) is 19.6. The Bertz CT molecular complexity index is 1190. The maximum Gasteiger partial charge on any atom is 0.295 e. The van der Waals surface area contributed by atoms with Crippen LogP contribution in [-0.4, -0.2) is 44.4 Å². The first-order chi connectivity index (χ1) is 16.5. The van der Waals surface area contributed by atoms with Gasteiger partial charge in [-0.2, -0.15) is 0 Å². The van der Waals surface area contributed by atoms with Gasteiger partial charge in [0, 0.05) is 36.1 Å². The summed E-state index contributed by atoms with van der Waals surface area (Å²) in [5.74, 6) is -0.919. The molecular formula is C26H26ClN3O4. The van der Waals surface area contributed by atoms with Crippen molar-refractivity contribution in [2.75, 3.05) is 13.2 Å². The van der Waals surface area contributed by atoms with E-state index in [4.69, 9.17) is 16.3 Å². The van der Waals surface area contributed by atoms with E-state index in [1.54, 1.807) is 36.8 Å². The Morgan fingerprint density at radius 2 is 1.94 bits per heavy atom. The molecule has 0 aliphatic carbocycles. The van der Waals surface area contributed by atoms with Crippen LogP contribution in [-0.2, 0) is 16.1 Å². The van der Waals surface area contributed by atoms with Crippen molar-refractivity contribution in [1.29, 1.82) is 0 Å². The van der Waals surface area contributed by atoms with Gasteiger partial charge in [-0.15, -0.1) is 0 Å². The van der Waals surface area contributed by atoms with Crippen molar-refractivity contribution in [3.05, 3.63) is 89.0 Å². The van der Waals surface area contributed by atoms with Gasteiger partial charge in [-0.1, -0.05) is 30.7 Å². The van der Waals surface area contributed by atoms with Crippen molar-refractivity contribution >= 4 is 29.1 Å². The van der Waals surface area contributed by atoms with E-state index < -0.39 is 17.7 Å². The number of halogens is 1. The number of rotatable bonds is 9. The molecule has 0 spiro atoms. The van der Waals surface area contributed by atoms with Crippen molar-refractivity contribution < 1.29 is 19.4 Å². The highest BCUT2D eigenvalue weighted by Gasteiger charge is 2.45. The number of aliphatic hydroxyl groups is 1. The van der Waals surface area contributed by atoms with Gasteiger partial charge in [0.1, 0.15) is 11.5 Å². The van der Waals surface area contributed by atoms with Crippen LogP contribution in [0.1, 0.15) is 36.9 Å². The molecule has 0 bridgehead atoms. The van der Waals surface area contributed by atoms with Gasteiger partial charge < -0.3 is 19.3 Å². The molecule has 1 N–H and O–H groups in total. The fourth-order valence-electron chi connectivity index (χ4n) is 4.06. The minimum atomic E-state index is -0.733. The molecule has 1 atom stereocenters. The number of amides is 1. The van der Waals surface area contributed by atoms with Crippen LogP contribution in [0.15, 0.2) is 72.8 Å². The fraction of sp³-hybridized carbons (Fsp3) is 0.269. The number of aryl methyl sites for hydroxylation is 1. The molecule has 1 aromatic heterocycles. The van der Waals surface area contributed by atoms with Crippen molar-refractivity contribution in [3.63, 3.8) is 0 Å². The zero-order valence-electron chi connectivity index (χ0n) is 18.9. The first kappa shape index (κ1) is 23.6. The molecule has 8 heteroatoms. The molecule has 1 fully saturated rings. The maximum atomic E-state index is 13.1. The first-order valence-corrected chi connectivity index (χ1v) is 11.6. The second-order valence-electron chi connectivity index (χ2n) is 8.07. The molecule has 0 unspecified atom stereocenters. The molecular weight excluding hydrogens is 454 g/mol. The summed E-state index contributed by atoms with van der Waals surface area (Å²) in [5, 5.41) is 11.6. The van der Waals surface area contributed by atoms with Crippen LogP contribution in [0.3, 0.4) is 0 Å². The lowest BCUT2D eigenvalue weighted by molar-refractivity contribution is -0.139. The Morgan fingerprint density at radius 1 is 1.15 bits per heavy atom. The molecule has 7 nitrogen and oxygen atoms in total. The summed E-state index contributed by atoms with van der Waals surface area (Å²) in [6.07, 6.45) is 6.72. The number of imidazole rings is 1. The van der Waals surface area contributed by atoms with Crippen LogP contribution in [0.2, 0.25) is 5.02 Å². The van der Waals surface area contributed by atoms with E-state index in [9.17, 15) is 14.7 Å². The zero-order chi connectivity index (χ0) is 24.1. The molecule has 2 aromatic carbocycles. The predicted octanol–water partition coefficient (Wildman–Crippen LogP) is 4.84. The van der Waals surface area contributed by atoms with E-state index in [2.05, 4.69) is 4.98 Å². The van der Waals surface area contributed by atoms with Crippen molar-refractivity contribution in [1.82, 2.24) is 14.5 Å². The molecule has 1 amide bonds. The third-order valence-corrected chi connectivity index (χ3v) is 5.93. The highest BCUT2D eigenvalue weighted by atomic mass is 35.5. The Morgan fingerprint density at radius 3 is 2.65 bits per heavy atom. The number of hydrogen-bond acceptors (Lipinski definition) is 5. The lowest BCUT2D eigenvalue weighted by Gasteiger charge is -2.25. The molecule has 3 aromatic rings. The quantitative estimate of drug-likeness (QED) is 0.270. The number of Topliss-reactive ketones (excluding diaryl/α,β-unsaturated/α-hetero) is 1. The summed E-state index contributed by atoms with van der Waals surface area (Å²) in [4.78, 5) is 31.8. The summed E-state index contributed by atoms with van der Waals surface area (Å²) in [5.41, 5.74) is 1.18. The largest absolute Gasteiger partial charge is 0.507 e. The van der Waals surface area contributed by atoms with E-state index in [0.717, 1.165) is 6.42 Å². The molecule has 0 radical (unpaired) electrons. The predicted molar refractivity (Wildman–Crippen MR) is 130 cm³/mol. The summed E-state index contributed by atoms with van der Waals surface area (Å²) in [6.45, 7) is 3.56. The first-order valence-electron chi connectivity index (χ1n) is 11.2. The second kappa shape index (κ2) is 10.6. The fourth-order valence-corrected chi connectivity index (χ4v) is 4.18. The molecule has 34 heavy (non-hydrogen) atoms. The highest BCUT2D eigenvalue weighted by Crippen LogP contribution is 2.40. The van der Waals surface area contributed by atoms with Gasteiger partial charge in [0.15, 0.2) is 0 Å². The van der Waals surface area contributed by atoms with Crippen LogP contribution >= 0.6 is 11.6 Å². The number of ketones is 1. The minimum absolute atomic E-state index is 0.0580. The van der Waals surface area contributed by atoms with Crippen LogP contribution in [0.25, 0.3) is 5.76 Å². The Balaban J connectivity index is 1.73. The number of likely N-dealkylation sites (tertiary alicyclic amines) is 1. The molecule has 0 saturated carbocycles. The Kier molecular flexibility index (Phi) is 7.33. The third-order valence-electron chi connectivity index (χ3n) is 5.68. The van der Waals surface area contributed by atoms with E-state index >= 15 is 0 Å². The topological polar surface area (TPSA) is 84.7 Å². The second-order valence-corrected chi connectivity index (χ2v) is 8.51. The molecule has 2 heterocycles. The van der Waals surface area contributed by atoms with Gasteiger partial charge in [-0.3, -0.25) is 9.59 Å². The molecule has 1 aliphatic heterocycles. The molecule has 1 saturated heterocycles. The van der Waals surface area contributed by atoms with Gasteiger partial charge >= 0.3 is 0 Å². The average molecular weight is 480 g/mol. The standard InChI is InChI=1S/C26H26ClN3O4/c1-2-15-34-21-6-3-5-19(16-21)23-22(24(31)18-7-9-20(27)10-8-18)25(32)26(33)30(23)13-4-12-29-14-11-28-17-29/h3,5-11,14,16-17,23,31H,2,4,12-13,15H2,1H3/t23-/m1/s1. The van der Waals surface area contributed by atoms with Gasteiger partial charge in [0.2, 0.25) is 0 Å². The lowest BCUT2D eigenvalue weighted by Crippen LogP contribution is -2.31. The van der Waals surface area contributed by atoms with Crippen LogP contribution in [0.5, 0.6) is 5.75 Å². The Hall–Kier alpha value is -3.58. The number of aromatic nitrogens is 2. The van der Waals surface area contributed by atoms with Gasteiger partial charge in [0.25, 0.3) is 11.7 Å². The van der Waals surface area contributed by atoms with Gasteiger partial charge in [0.05, 0.1) is 24.5 Å². The summed E-state index contributed by atoms with van der Waals surface area (Å²) in [6, 6.07) is 13.1. The van der Waals surface area contributed by atoms with Crippen molar-refractivity contribution in [2.24, 2.45) is 0 Å². The number of carbonyl (C=O) groups is 2. The van der Waals surface area contributed by atoms with Crippen molar-refractivity contribution in [2.45, 2.75) is 32.4 Å².